The van der Waals surface area contributed by atoms with Gasteiger partial charge in [-0.2, -0.15) is 6.61 Å². The van der Waals surface area contributed by atoms with Gasteiger partial charge in [-0.25, -0.2) is 0 Å². The Bertz CT molecular complexity index is 106. The fraction of sp³-hybridized carbons (Fsp3) is 0.667. The van der Waals surface area contributed by atoms with Crippen LogP contribution in [0.3, 0.4) is 0 Å². The van der Waals surface area contributed by atoms with Crippen molar-refractivity contribution >= 4 is 0 Å². The molecule has 3 atom stereocenters. The largest absolute Gasteiger partial charge is 2.00 e. The summed E-state index contributed by atoms with van der Waals surface area (Å²) in [7, 11) is 0. The third kappa shape index (κ3) is 5.04. The first-order chi connectivity index (χ1) is 5.13. The molecular formula is C6H13CoNO4. The Morgan fingerprint density at radius 2 is 1.83 bits per heavy atom. The van der Waals surface area contributed by atoms with Gasteiger partial charge in [0.15, 0.2) is 0 Å². The molecule has 0 aliphatic rings. The van der Waals surface area contributed by atoms with Crippen molar-refractivity contribution in [2.45, 2.75) is 18.2 Å². The first-order valence-electron chi connectivity index (χ1n) is 3.17. The molecule has 0 heterocycles. The van der Waals surface area contributed by atoms with Crippen molar-refractivity contribution in [3.05, 3.63) is 13.0 Å². The van der Waals surface area contributed by atoms with Gasteiger partial charge in [0, 0.05) is 6.10 Å². The van der Waals surface area contributed by atoms with Crippen molar-refractivity contribution in [2.75, 3.05) is 6.61 Å². The maximum atomic E-state index is 9.01. The van der Waals surface area contributed by atoms with E-state index >= 15 is 0 Å². The van der Waals surface area contributed by atoms with Gasteiger partial charge in [0.2, 0.25) is 0 Å². The summed E-state index contributed by atoms with van der Waals surface area (Å²) in [6, 6.07) is -1.01. The fourth-order valence-corrected chi connectivity index (χ4v) is 0.563. The first kappa shape index (κ1) is 14.8. The molecule has 0 saturated heterocycles. The summed E-state index contributed by atoms with van der Waals surface area (Å²) >= 11 is 0. The van der Waals surface area contributed by atoms with E-state index in [2.05, 4.69) is 0 Å². The Kier molecular flexibility index (Phi) is 9.79. The molecule has 0 fully saturated rings. The predicted molar refractivity (Wildman–Crippen MR) is 37.6 cm³/mol. The average molecular weight is 222 g/mol. The van der Waals surface area contributed by atoms with Gasteiger partial charge in [0.25, 0.3) is 0 Å². The molecule has 0 amide bonds. The molecule has 12 heavy (non-hydrogen) atoms. The molecular weight excluding hydrogens is 209 g/mol. The van der Waals surface area contributed by atoms with Crippen LogP contribution in [0.4, 0.5) is 0 Å². The summed E-state index contributed by atoms with van der Waals surface area (Å²) < 4.78 is 0. The van der Waals surface area contributed by atoms with Crippen molar-refractivity contribution in [2.24, 2.45) is 5.73 Å². The zero-order chi connectivity index (χ0) is 8.85. The van der Waals surface area contributed by atoms with Crippen LogP contribution in [0.1, 0.15) is 0 Å². The Hall–Kier alpha value is 0.306. The van der Waals surface area contributed by atoms with Crippen LogP contribution in [-0.2, 0) is 16.8 Å². The third-order valence-corrected chi connectivity index (χ3v) is 1.26. The summed E-state index contributed by atoms with van der Waals surface area (Å²) in [6.07, 6.45) is -1.43. The SMILES string of the molecule is N[C@@H]([CH-]O)[C@@H](O)[C@H](O)[CH-]CO.[Co+2]. The van der Waals surface area contributed by atoms with Crippen LogP contribution in [0.2, 0.25) is 0 Å². The molecule has 0 unspecified atom stereocenters. The Morgan fingerprint density at radius 3 is 2.17 bits per heavy atom. The van der Waals surface area contributed by atoms with Gasteiger partial charge in [-0.3, -0.25) is 6.42 Å². The monoisotopic (exact) mass is 222 g/mol. The van der Waals surface area contributed by atoms with Gasteiger partial charge >= 0.3 is 16.8 Å². The molecule has 0 aliphatic heterocycles. The number of rotatable bonds is 5. The van der Waals surface area contributed by atoms with Crippen LogP contribution in [0.5, 0.6) is 0 Å². The summed E-state index contributed by atoms with van der Waals surface area (Å²) in [6.45, 7) is 0.232. The molecule has 0 aliphatic carbocycles. The van der Waals surface area contributed by atoms with E-state index in [4.69, 9.17) is 26.2 Å². The van der Waals surface area contributed by atoms with E-state index in [-0.39, 0.29) is 23.4 Å². The van der Waals surface area contributed by atoms with Crippen LogP contribution in [0.25, 0.3) is 0 Å². The van der Waals surface area contributed by atoms with Crippen LogP contribution < -0.4 is 5.73 Å². The van der Waals surface area contributed by atoms with Gasteiger partial charge in [-0.1, -0.05) is 12.6 Å². The van der Waals surface area contributed by atoms with Gasteiger partial charge in [0.1, 0.15) is 0 Å². The minimum Gasteiger partial charge on any atom is -0.564 e. The van der Waals surface area contributed by atoms with Crippen LogP contribution in [0, 0.1) is 13.0 Å². The van der Waals surface area contributed by atoms with E-state index in [1.54, 1.807) is 0 Å². The van der Waals surface area contributed by atoms with Gasteiger partial charge in [-0.05, 0) is 6.10 Å². The molecule has 1 radical (unpaired) electrons. The summed E-state index contributed by atoms with van der Waals surface area (Å²) in [5.74, 6) is 0. The summed E-state index contributed by atoms with van der Waals surface area (Å²) in [4.78, 5) is 0. The third-order valence-electron chi connectivity index (χ3n) is 1.26. The zero-order valence-electron chi connectivity index (χ0n) is 6.29. The van der Waals surface area contributed by atoms with Crippen molar-refractivity contribution in [3.8, 4) is 0 Å². The van der Waals surface area contributed by atoms with E-state index in [1.807, 2.05) is 0 Å². The molecule has 75 valence electrons. The van der Waals surface area contributed by atoms with Gasteiger partial charge in [0.05, 0.1) is 0 Å². The Morgan fingerprint density at radius 1 is 1.33 bits per heavy atom. The number of aliphatic hydroxyl groups is 4. The molecule has 5 nitrogen and oxygen atoms in total. The van der Waals surface area contributed by atoms with E-state index in [1.165, 1.54) is 0 Å². The van der Waals surface area contributed by atoms with Gasteiger partial charge in [-0.15, -0.1) is 0 Å². The van der Waals surface area contributed by atoms with E-state index in [0.29, 0.717) is 6.61 Å². The second kappa shape index (κ2) is 7.93. The number of aliphatic hydroxyl groups excluding tert-OH is 4. The van der Waals surface area contributed by atoms with E-state index in [0.717, 1.165) is 6.42 Å². The molecule has 0 aromatic carbocycles. The minimum absolute atomic E-state index is 0. The molecule has 0 rings (SSSR count). The van der Waals surface area contributed by atoms with Crippen LogP contribution in [0.15, 0.2) is 0 Å². The zero-order valence-corrected chi connectivity index (χ0v) is 7.33. The fourth-order valence-electron chi connectivity index (χ4n) is 0.563. The molecule has 0 saturated carbocycles. The number of nitrogens with two attached hydrogens (primary N) is 1. The summed E-state index contributed by atoms with van der Waals surface area (Å²) in [5, 5.41) is 34.6. The second-order valence-corrected chi connectivity index (χ2v) is 2.13. The van der Waals surface area contributed by atoms with Crippen molar-refractivity contribution in [3.63, 3.8) is 0 Å². The quantitative estimate of drug-likeness (QED) is 0.338. The molecule has 0 aromatic rings. The van der Waals surface area contributed by atoms with Crippen LogP contribution >= 0.6 is 0 Å². The molecule has 0 spiro atoms. The van der Waals surface area contributed by atoms with Crippen LogP contribution in [-0.4, -0.2) is 45.3 Å². The van der Waals surface area contributed by atoms with Crippen molar-refractivity contribution in [1.29, 1.82) is 0 Å². The average Bonchev–Trinajstić information content (AvgIpc) is 2.02. The molecule has 6 N–H and O–H groups in total. The topological polar surface area (TPSA) is 107 Å². The number of hydrogen-bond donors (Lipinski definition) is 5. The predicted octanol–water partition coefficient (Wildman–Crippen LogP) is -2.24. The first-order valence-corrected chi connectivity index (χ1v) is 3.17. The molecule has 6 heteroatoms. The Balaban J connectivity index is 0. The Labute approximate surface area is 81.4 Å². The summed E-state index contributed by atoms with van der Waals surface area (Å²) in [5.41, 5.74) is 5.13. The maximum Gasteiger partial charge on any atom is 2.00 e. The molecule has 0 bridgehead atoms. The minimum atomic E-state index is -1.29. The van der Waals surface area contributed by atoms with Gasteiger partial charge < -0.3 is 26.2 Å². The van der Waals surface area contributed by atoms with Crippen molar-refractivity contribution in [1.82, 2.24) is 0 Å². The number of hydrogen-bond acceptors (Lipinski definition) is 5. The normalized spacial score (nSPS) is 17.8. The second-order valence-electron chi connectivity index (χ2n) is 2.13. The van der Waals surface area contributed by atoms with E-state index in [9.17, 15) is 0 Å². The smallest absolute Gasteiger partial charge is 0.564 e. The van der Waals surface area contributed by atoms with Crippen molar-refractivity contribution < 1.29 is 37.2 Å². The maximum absolute atomic E-state index is 9.01. The van der Waals surface area contributed by atoms with E-state index < -0.39 is 18.2 Å². The molecule has 0 aromatic heterocycles. The standard InChI is InChI=1S/C6H13NO4.Co/c7-4(3-9)6(11)5(10)1-2-8;/h1,3-6,8-11H,2,7H2;/q-2;+2/t4-,5+,6+;/m0./s1.